The van der Waals surface area contributed by atoms with Gasteiger partial charge in [-0.15, -0.1) is 0 Å². The molecule has 0 aliphatic heterocycles. The van der Waals surface area contributed by atoms with Gasteiger partial charge in [-0.25, -0.2) is 0 Å². The number of hydrogen-bond donors (Lipinski definition) is 2. The van der Waals surface area contributed by atoms with Gasteiger partial charge in [-0.2, -0.15) is 0 Å². The predicted molar refractivity (Wildman–Crippen MR) is 78.8 cm³/mol. The van der Waals surface area contributed by atoms with Gasteiger partial charge < -0.3 is 15.4 Å². The maximum absolute atomic E-state index is 11.8. The van der Waals surface area contributed by atoms with Crippen molar-refractivity contribution in [1.29, 1.82) is 0 Å². The van der Waals surface area contributed by atoms with Gasteiger partial charge in [0.2, 0.25) is 5.91 Å². The van der Waals surface area contributed by atoms with E-state index < -0.39 is 0 Å². The van der Waals surface area contributed by atoms with E-state index in [0.29, 0.717) is 11.4 Å². The van der Waals surface area contributed by atoms with Gasteiger partial charge in [-0.05, 0) is 25.0 Å². The Kier molecular flexibility index (Phi) is 6.56. The lowest BCUT2D eigenvalue weighted by Gasteiger charge is -2.16. The Morgan fingerprint density at radius 2 is 1.85 bits per heavy atom. The van der Waals surface area contributed by atoms with E-state index in [-0.39, 0.29) is 24.5 Å². The number of anilines is 1. The molecular formula is C15H22N2O3. The van der Waals surface area contributed by atoms with Gasteiger partial charge in [-0.3, -0.25) is 9.59 Å². The molecule has 0 aliphatic carbocycles. The lowest BCUT2D eigenvalue weighted by molar-refractivity contribution is -0.123. The highest BCUT2D eigenvalue weighted by molar-refractivity contribution is 5.90. The number of nitrogens with one attached hydrogen (secondary N) is 2. The van der Waals surface area contributed by atoms with Crippen molar-refractivity contribution in [2.45, 2.75) is 39.7 Å². The second-order valence-corrected chi connectivity index (χ2v) is 4.55. The molecule has 5 heteroatoms. The predicted octanol–water partition coefficient (Wildman–Crippen LogP) is 2.33. The highest BCUT2D eigenvalue weighted by Gasteiger charge is 2.10. The van der Waals surface area contributed by atoms with Crippen molar-refractivity contribution in [1.82, 2.24) is 5.32 Å². The summed E-state index contributed by atoms with van der Waals surface area (Å²) in [7, 11) is 0. The average Bonchev–Trinajstić information content (AvgIpc) is 2.43. The molecule has 2 N–H and O–H groups in total. The van der Waals surface area contributed by atoms with Crippen LogP contribution in [0.15, 0.2) is 24.3 Å². The van der Waals surface area contributed by atoms with Gasteiger partial charge in [0.1, 0.15) is 5.75 Å². The maximum Gasteiger partial charge on any atom is 0.258 e. The summed E-state index contributed by atoms with van der Waals surface area (Å²) in [5.41, 5.74) is 0.565. The minimum Gasteiger partial charge on any atom is -0.482 e. The number of amides is 2. The normalized spacial score (nSPS) is 10.2. The van der Waals surface area contributed by atoms with Crippen LogP contribution < -0.4 is 15.4 Å². The molecule has 0 unspecified atom stereocenters. The zero-order valence-corrected chi connectivity index (χ0v) is 12.2. The maximum atomic E-state index is 11.8. The molecule has 0 bridgehead atoms. The Morgan fingerprint density at radius 3 is 2.45 bits per heavy atom. The first-order chi connectivity index (χ1) is 9.56. The summed E-state index contributed by atoms with van der Waals surface area (Å²) in [6.45, 7) is 5.42. The lowest BCUT2D eigenvalue weighted by Crippen LogP contribution is -2.37. The van der Waals surface area contributed by atoms with E-state index in [1.807, 2.05) is 13.8 Å². The Labute approximate surface area is 119 Å². The molecule has 1 aromatic carbocycles. The van der Waals surface area contributed by atoms with E-state index >= 15 is 0 Å². The number of ether oxygens (including phenoxy) is 1. The topological polar surface area (TPSA) is 67.4 Å². The SMILES string of the molecule is CCC(CC)NC(=O)COc1ccccc1NC(C)=O. The van der Waals surface area contributed by atoms with Crippen LogP contribution in [-0.2, 0) is 9.59 Å². The van der Waals surface area contributed by atoms with Crippen molar-refractivity contribution in [2.24, 2.45) is 0 Å². The second-order valence-electron chi connectivity index (χ2n) is 4.55. The van der Waals surface area contributed by atoms with E-state index in [1.165, 1.54) is 6.92 Å². The van der Waals surface area contributed by atoms with Crippen molar-refractivity contribution < 1.29 is 14.3 Å². The zero-order chi connectivity index (χ0) is 15.0. The monoisotopic (exact) mass is 278 g/mol. The van der Waals surface area contributed by atoms with Crippen LogP contribution in [0.1, 0.15) is 33.6 Å². The number of carbonyl (C=O) groups excluding carboxylic acids is 2. The van der Waals surface area contributed by atoms with E-state index in [0.717, 1.165) is 12.8 Å². The summed E-state index contributed by atoms with van der Waals surface area (Å²) in [6.07, 6.45) is 1.79. The third-order valence-electron chi connectivity index (χ3n) is 2.91. The summed E-state index contributed by atoms with van der Waals surface area (Å²) < 4.78 is 5.46. The minimum atomic E-state index is -0.178. The third-order valence-corrected chi connectivity index (χ3v) is 2.91. The zero-order valence-electron chi connectivity index (χ0n) is 12.2. The van der Waals surface area contributed by atoms with E-state index in [4.69, 9.17) is 4.74 Å². The average molecular weight is 278 g/mol. The smallest absolute Gasteiger partial charge is 0.258 e. The third kappa shape index (κ3) is 5.30. The standard InChI is InChI=1S/C15H22N2O3/c1-4-12(5-2)17-15(19)10-20-14-9-7-6-8-13(14)16-11(3)18/h6-9,12H,4-5,10H2,1-3H3,(H,16,18)(H,17,19). The first kappa shape index (κ1) is 16.0. The van der Waals surface area contributed by atoms with Gasteiger partial charge in [0.05, 0.1) is 5.69 Å². The number of rotatable bonds is 7. The minimum absolute atomic E-state index is 0.0624. The molecule has 0 saturated heterocycles. The summed E-state index contributed by atoms with van der Waals surface area (Å²) in [4.78, 5) is 22.8. The molecule has 0 saturated carbocycles. The summed E-state index contributed by atoms with van der Waals surface area (Å²) in [6, 6.07) is 7.21. The molecular weight excluding hydrogens is 256 g/mol. The number of hydrogen-bond acceptors (Lipinski definition) is 3. The molecule has 0 heterocycles. The molecule has 20 heavy (non-hydrogen) atoms. The van der Waals surface area contributed by atoms with Crippen LogP contribution in [0.5, 0.6) is 5.75 Å². The van der Waals surface area contributed by atoms with Crippen molar-refractivity contribution in [2.75, 3.05) is 11.9 Å². The van der Waals surface area contributed by atoms with Gasteiger partial charge in [-0.1, -0.05) is 26.0 Å². The number of benzene rings is 1. The van der Waals surface area contributed by atoms with Crippen molar-refractivity contribution in [3.8, 4) is 5.75 Å². The molecule has 0 radical (unpaired) electrons. The fraction of sp³-hybridized carbons (Fsp3) is 0.467. The van der Waals surface area contributed by atoms with Crippen LogP contribution >= 0.6 is 0 Å². The van der Waals surface area contributed by atoms with Gasteiger partial charge in [0.15, 0.2) is 6.61 Å². The first-order valence-corrected chi connectivity index (χ1v) is 6.85. The number of carbonyl (C=O) groups is 2. The van der Waals surface area contributed by atoms with Crippen LogP contribution in [0.25, 0.3) is 0 Å². The van der Waals surface area contributed by atoms with Crippen LogP contribution in [0.3, 0.4) is 0 Å². The summed E-state index contributed by atoms with van der Waals surface area (Å²) >= 11 is 0. The van der Waals surface area contributed by atoms with Crippen molar-refractivity contribution in [3.63, 3.8) is 0 Å². The molecule has 0 aliphatic rings. The highest BCUT2D eigenvalue weighted by atomic mass is 16.5. The molecule has 1 rings (SSSR count). The Bertz CT molecular complexity index is 456. The van der Waals surface area contributed by atoms with E-state index in [2.05, 4.69) is 10.6 Å². The summed E-state index contributed by atoms with van der Waals surface area (Å²) in [5.74, 6) is 0.154. The Balaban J connectivity index is 2.57. The summed E-state index contributed by atoms with van der Waals surface area (Å²) in [5, 5.41) is 5.56. The van der Waals surface area contributed by atoms with Crippen LogP contribution in [0, 0.1) is 0 Å². The second kappa shape index (κ2) is 8.19. The van der Waals surface area contributed by atoms with Crippen molar-refractivity contribution in [3.05, 3.63) is 24.3 Å². The number of para-hydroxylation sites is 2. The van der Waals surface area contributed by atoms with Gasteiger partial charge in [0, 0.05) is 13.0 Å². The Morgan fingerprint density at radius 1 is 1.20 bits per heavy atom. The first-order valence-electron chi connectivity index (χ1n) is 6.85. The van der Waals surface area contributed by atoms with Crippen LogP contribution in [0.2, 0.25) is 0 Å². The van der Waals surface area contributed by atoms with Gasteiger partial charge in [0.25, 0.3) is 5.91 Å². The largest absolute Gasteiger partial charge is 0.482 e. The lowest BCUT2D eigenvalue weighted by atomic mass is 10.2. The fourth-order valence-electron chi connectivity index (χ4n) is 1.79. The van der Waals surface area contributed by atoms with Crippen LogP contribution in [-0.4, -0.2) is 24.5 Å². The molecule has 0 spiro atoms. The molecule has 1 aromatic rings. The van der Waals surface area contributed by atoms with Crippen molar-refractivity contribution >= 4 is 17.5 Å². The van der Waals surface area contributed by atoms with E-state index in [1.54, 1.807) is 24.3 Å². The molecule has 5 nitrogen and oxygen atoms in total. The molecule has 2 amide bonds. The van der Waals surface area contributed by atoms with Crippen LogP contribution in [0.4, 0.5) is 5.69 Å². The quantitative estimate of drug-likeness (QED) is 0.804. The molecule has 0 aromatic heterocycles. The highest BCUT2D eigenvalue weighted by Crippen LogP contribution is 2.23. The molecule has 0 atom stereocenters. The Hall–Kier alpha value is -2.04. The van der Waals surface area contributed by atoms with E-state index in [9.17, 15) is 9.59 Å². The molecule has 0 fully saturated rings. The fourth-order valence-corrected chi connectivity index (χ4v) is 1.79. The van der Waals surface area contributed by atoms with Gasteiger partial charge >= 0.3 is 0 Å². The molecule has 110 valence electrons.